The number of aromatic nitrogens is 2. The number of rotatable bonds is 0. The van der Waals surface area contributed by atoms with Crippen molar-refractivity contribution in [2.75, 3.05) is 7.05 Å². The van der Waals surface area contributed by atoms with Crippen LogP contribution in [0.1, 0.15) is 18.2 Å². The maximum Gasteiger partial charge on any atom is 0.0924 e. The molecule has 0 saturated carbocycles. The molecule has 1 aromatic rings. The van der Waals surface area contributed by atoms with Crippen LogP contribution >= 0.6 is 0 Å². The lowest BCUT2D eigenvalue weighted by molar-refractivity contribution is 0.621. The van der Waals surface area contributed by atoms with E-state index in [1.54, 1.807) is 0 Å². The first-order valence-electron chi connectivity index (χ1n) is 4.27. The zero-order valence-corrected chi connectivity index (χ0v) is 8.20. The van der Waals surface area contributed by atoms with Gasteiger partial charge in [0.2, 0.25) is 0 Å². The van der Waals surface area contributed by atoms with E-state index >= 15 is 0 Å². The topological polar surface area (TPSA) is 21.1 Å². The van der Waals surface area contributed by atoms with E-state index in [-0.39, 0.29) is 0 Å². The van der Waals surface area contributed by atoms with Crippen molar-refractivity contribution < 1.29 is 0 Å². The average molecular weight is 175 g/mol. The molecule has 0 unspecified atom stereocenters. The summed E-state index contributed by atoms with van der Waals surface area (Å²) in [5.41, 5.74) is 4.41. The lowest BCUT2D eigenvalue weighted by Crippen LogP contribution is -2.19. The first-order valence-corrected chi connectivity index (χ1v) is 4.27. The highest BCUT2D eigenvalue weighted by Gasteiger charge is 2.18. The fourth-order valence-corrected chi connectivity index (χ4v) is 1.63. The molecule has 0 atom stereocenters. The molecule has 0 fully saturated rings. The summed E-state index contributed by atoms with van der Waals surface area (Å²) in [6.45, 7) is 8.12. The van der Waals surface area contributed by atoms with Crippen LogP contribution in [0.3, 0.4) is 0 Å². The smallest absolute Gasteiger partial charge is 0.0924 e. The number of fused-ring (bicyclic) bond motifs is 1. The quantitative estimate of drug-likeness (QED) is 0.600. The fraction of sp³-hybridized carbons (Fsp3) is 0.300. The Morgan fingerprint density at radius 1 is 1.38 bits per heavy atom. The highest BCUT2D eigenvalue weighted by atomic mass is 15.3. The summed E-state index contributed by atoms with van der Waals surface area (Å²) < 4.78 is 1.93. The lowest BCUT2D eigenvalue weighted by atomic mass is 10.2. The normalized spacial score (nSPS) is 15.8. The van der Waals surface area contributed by atoms with E-state index in [0.717, 1.165) is 17.1 Å². The number of aryl methyl sites for hydroxylation is 1. The van der Waals surface area contributed by atoms with E-state index in [4.69, 9.17) is 0 Å². The van der Waals surface area contributed by atoms with Crippen molar-refractivity contribution in [2.24, 2.45) is 0 Å². The van der Waals surface area contributed by atoms with Gasteiger partial charge in [-0.3, -0.25) is 0 Å². The molecule has 1 aliphatic rings. The zero-order valence-electron chi connectivity index (χ0n) is 8.20. The van der Waals surface area contributed by atoms with Gasteiger partial charge in [0.1, 0.15) is 0 Å². The molecule has 3 heteroatoms. The molecule has 0 N–H and O–H groups in total. The molecule has 0 aliphatic carbocycles. The standard InChI is InChI=1S/C10H13N3/c1-7-5-11-13-8(2)6-12(4)9(3)10(7)13/h5-6H,3H2,1-2,4H3. The molecular formula is C10H13N3. The SMILES string of the molecule is C=C1c2c(C)cnn2C(C)=CN1C. The van der Waals surface area contributed by atoms with Crippen molar-refractivity contribution in [3.63, 3.8) is 0 Å². The molecule has 0 bridgehead atoms. The summed E-state index contributed by atoms with van der Waals surface area (Å²) >= 11 is 0. The third kappa shape index (κ3) is 1.00. The van der Waals surface area contributed by atoms with E-state index in [2.05, 4.69) is 18.6 Å². The minimum Gasteiger partial charge on any atom is -0.348 e. The number of nitrogens with zero attached hydrogens (tertiary/aromatic N) is 3. The Morgan fingerprint density at radius 3 is 2.77 bits per heavy atom. The lowest BCUT2D eigenvalue weighted by Gasteiger charge is -2.25. The Labute approximate surface area is 78.0 Å². The molecule has 1 aliphatic heterocycles. The molecular weight excluding hydrogens is 162 g/mol. The van der Waals surface area contributed by atoms with Crippen LogP contribution in [-0.4, -0.2) is 21.7 Å². The third-order valence-corrected chi connectivity index (χ3v) is 2.37. The van der Waals surface area contributed by atoms with Crippen LogP contribution in [0, 0.1) is 6.92 Å². The van der Waals surface area contributed by atoms with Gasteiger partial charge in [-0.2, -0.15) is 5.10 Å². The molecule has 0 spiro atoms. The van der Waals surface area contributed by atoms with Gasteiger partial charge in [0.15, 0.2) is 0 Å². The summed E-state index contributed by atoms with van der Waals surface area (Å²) in [5.74, 6) is 0. The second-order valence-corrected chi connectivity index (χ2v) is 3.42. The minimum atomic E-state index is 1.00. The van der Waals surface area contributed by atoms with Crippen LogP contribution in [0.4, 0.5) is 0 Å². The van der Waals surface area contributed by atoms with E-state index < -0.39 is 0 Å². The Balaban J connectivity index is 2.67. The van der Waals surface area contributed by atoms with Crippen LogP contribution in [0.25, 0.3) is 11.4 Å². The third-order valence-electron chi connectivity index (χ3n) is 2.37. The van der Waals surface area contributed by atoms with E-state index in [9.17, 15) is 0 Å². The Hall–Kier alpha value is -1.51. The van der Waals surface area contributed by atoms with Crippen LogP contribution in [0.2, 0.25) is 0 Å². The monoisotopic (exact) mass is 175 g/mol. The molecule has 0 amide bonds. The highest BCUT2D eigenvalue weighted by Crippen LogP contribution is 2.27. The largest absolute Gasteiger partial charge is 0.348 e. The molecule has 1 aromatic heterocycles. The van der Waals surface area contributed by atoms with E-state index in [1.807, 2.05) is 35.9 Å². The van der Waals surface area contributed by atoms with Crippen molar-refractivity contribution in [1.29, 1.82) is 0 Å². The predicted molar refractivity (Wildman–Crippen MR) is 53.7 cm³/mol. The van der Waals surface area contributed by atoms with Crippen LogP contribution in [0.15, 0.2) is 19.0 Å². The predicted octanol–water partition coefficient (Wildman–Crippen LogP) is 1.93. The van der Waals surface area contributed by atoms with Gasteiger partial charge in [-0.15, -0.1) is 0 Å². The Morgan fingerprint density at radius 2 is 2.08 bits per heavy atom. The van der Waals surface area contributed by atoms with Crippen molar-refractivity contribution in [2.45, 2.75) is 13.8 Å². The van der Waals surface area contributed by atoms with Gasteiger partial charge in [-0.25, -0.2) is 4.68 Å². The molecule has 0 aromatic carbocycles. The summed E-state index contributed by atoms with van der Waals surface area (Å²) in [6, 6.07) is 0. The van der Waals surface area contributed by atoms with Gasteiger partial charge in [0, 0.05) is 13.2 Å². The maximum absolute atomic E-state index is 4.28. The first kappa shape index (κ1) is 8.10. The number of allylic oxidation sites excluding steroid dienone is 1. The van der Waals surface area contributed by atoms with Crippen molar-refractivity contribution in [3.8, 4) is 0 Å². The van der Waals surface area contributed by atoms with Gasteiger partial charge >= 0.3 is 0 Å². The highest BCUT2D eigenvalue weighted by molar-refractivity contribution is 5.69. The van der Waals surface area contributed by atoms with Gasteiger partial charge in [0.05, 0.1) is 23.3 Å². The second kappa shape index (κ2) is 2.49. The van der Waals surface area contributed by atoms with Crippen molar-refractivity contribution >= 4 is 11.4 Å². The van der Waals surface area contributed by atoms with Gasteiger partial charge in [-0.05, 0) is 19.4 Å². The molecule has 3 nitrogen and oxygen atoms in total. The maximum atomic E-state index is 4.28. The molecule has 13 heavy (non-hydrogen) atoms. The zero-order chi connectivity index (χ0) is 9.59. The molecule has 68 valence electrons. The number of hydrogen-bond acceptors (Lipinski definition) is 2. The second-order valence-electron chi connectivity index (χ2n) is 3.42. The average Bonchev–Trinajstić information content (AvgIpc) is 2.44. The summed E-state index contributed by atoms with van der Waals surface area (Å²) in [5, 5.41) is 4.28. The van der Waals surface area contributed by atoms with Crippen LogP contribution in [-0.2, 0) is 0 Å². The van der Waals surface area contributed by atoms with Crippen molar-refractivity contribution in [1.82, 2.24) is 14.7 Å². The summed E-state index contributed by atoms with van der Waals surface area (Å²) in [6.07, 6.45) is 3.90. The molecule has 0 saturated heterocycles. The minimum absolute atomic E-state index is 1.00. The molecule has 2 rings (SSSR count). The van der Waals surface area contributed by atoms with E-state index in [1.165, 1.54) is 5.56 Å². The summed E-state index contributed by atoms with van der Waals surface area (Å²) in [7, 11) is 2.00. The van der Waals surface area contributed by atoms with Crippen molar-refractivity contribution in [3.05, 3.63) is 30.2 Å². The molecule has 2 heterocycles. The number of hydrogen-bond donors (Lipinski definition) is 0. The van der Waals surface area contributed by atoms with Crippen LogP contribution < -0.4 is 0 Å². The Kier molecular flexibility index (Phi) is 1.55. The fourth-order valence-electron chi connectivity index (χ4n) is 1.63. The van der Waals surface area contributed by atoms with Gasteiger partial charge in [0.25, 0.3) is 0 Å². The molecule has 0 radical (unpaired) electrons. The van der Waals surface area contributed by atoms with Gasteiger partial charge < -0.3 is 4.90 Å². The first-order chi connectivity index (χ1) is 6.11. The van der Waals surface area contributed by atoms with Crippen LogP contribution in [0.5, 0.6) is 0 Å². The van der Waals surface area contributed by atoms with Gasteiger partial charge in [-0.1, -0.05) is 6.58 Å². The van der Waals surface area contributed by atoms with E-state index in [0.29, 0.717) is 0 Å². The Bertz CT molecular complexity index is 398. The summed E-state index contributed by atoms with van der Waals surface area (Å²) in [4.78, 5) is 2.03.